The Hall–Kier alpha value is -3.07. The van der Waals surface area contributed by atoms with E-state index in [1.807, 2.05) is 4.90 Å². The number of piperidine rings is 1. The van der Waals surface area contributed by atoms with Gasteiger partial charge in [0.15, 0.2) is 11.5 Å². The molecule has 3 aliphatic rings. The van der Waals surface area contributed by atoms with E-state index in [4.69, 9.17) is 18.9 Å². The van der Waals surface area contributed by atoms with Crippen LogP contribution in [0, 0.1) is 0 Å². The SMILES string of the molecule is COc1ncc(C2(O)C[C@H]3CC[C@H](C2)N3C(=O)c2ccc3c(c2)OCCO3)c(OC)n1. The predicted octanol–water partition coefficient (Wildman–Crippen LogP) is 1.92. The molecule has 0 radical (unpaired) electrons. The molecule has 0 unspecified atom stereocenters. The summed E-state index contributed by atoms with van der Waals surface area (Å²) in [6.45, 7) is 0.978. The van der Waals surface area contributed by atoms with Crippen molar-refractivity contribution >= 4 is 5.91 Å². The number of carbonyl (C=O) groups is 1. The quantitative estimate of drug-likeness (QED) is 0.790. The summed E-state index contributed by atoms with van der Waals surface area (Å²) in [5.41, 5.74) is -0.0800. The first-order valence-electron chi connectivity index (χ1n) is 10.4. The van der Waals surface area contributed by atoms with Crippen LogP contribution >= 0.6 is 0 Å². The molecule has 31 heavy (non-hydrogen) atoms. The molecule has 1 N–H and O–H groups in total. The second kappa shape index (κ2) is 7.56. The normalized spacial score (nSPS) is 26.5. The summed E-state index contributed by atoms with van der Waals surface area (Å²) in [4.78, 5) is 23.7. The van der Waals surface area contributed by atoms with E-state index >= 15 is 0 Å². The fraction of sp³-hybridized carbons (Fsp3) is 0.500. The van der Waals surface area contributed by atoms with E-state index in [0.717, 1.165) is 12.8 Å². The number of carbonyl (C=O) groups excluding carboxylic acids is 1. The van der Waals surface area contributed by atoms with Crippen molar-refractivity contribution in [3.05, 3.63) is 35.5 Å². The van der Waals surface area contributed by atoms with Crippen LogP contribution < -0.4 is 18.9 Å². The number of ether oxygens (including phenoxy) is 4. The lowest BCUT2D eigenvalue weighted by molar-refractivity contribution is -0.0497. The molecule has 2 bridgehead atoms. The molecule has 0 saturated carbocycles. The third kappa shape index (κ3) is 3.33. The molecule has 164 valence electrons. The second-order valence-electron chi connectivity index (χ2n) is 8.18. The molecule has 2 aromatic rings. The number of aromatic nitrogens is 2. The summed E-state index contributed by atoms with van der Waals surface area (Å²) in [6.07, 6.45) is 4.02. The van der Waals surface area contributed by atoms with Crippen molar-refractivity contribution < 1.29 is 28.8 Å². The van der Waals surface area contributed by atoms with Gasteiger partial charge in [0, 0.05) is 36.7 Å². The van der Waals surface area contributed by atoms with Gasteiger partial charge in [0.05, 0.1) is 19.8 Å². The van der Waals surface area contributed by atoms with E-state index < -0.39 is 5.60 Å². The first-order valence-corrected chi connectivity index (χ1v) is 10.4. The summed E-state index contributed by atoms with van der Waals surface area (Å²) in [7, 11) is 2.98. The van der Waals surface area contributed by atoms with E-state index in [9.17, 15) is 9.90 Å². The summed E-state index contributed by atoms with van der Waals surface area (Å²) in [5.74, 6) is 1.49. The average Bonchev–Trinajstić information content (AvgIpc) is 3.09. The predicted molar refractivity (Wildman–Crippen MR) is 109 cm³/mol. The van der Waals surface area contributed by atoms with Crippen LogP contribution in [0.3, 0.4) is 0 Å². The number of benzene rings is 1. The lowest BCUT2D eigenvalue weighted by Gasteiger charge is -2.44. The maximum absolute atomic E-state index is 13.4. The smallest absolute Gasteiger partial charge is 0.319 e. The molecule has 1 aromatic carbocycles. The summed E-state index contributed by atoms with van der Waals surface area (Å²) in [6, 6.07) is 5.31. The van der Waals surface area contributed by atoms with Crippen molar-refractivity contribution in [2.24, 2.45) is 0 Å². The van der Waals surface area contributed by atoms with Crippen molar-refractivity contribution in [1.82, 2.24) is 14.9 Å². The first kappa shape index (κ1) is 19.9. The Bertz CT molecular complexity index is 999. The lowest BCUT2D eigenvalue weighted by atomic mass is 9.81. The molecule has 9 heteroatoms. The zero-order valence-corrected chi connectivity index (χ0v) is 17.5. The number of amides is 1. The van der Waals surface area contributed by atoms with Gasteiger partial charge in [0.1, 0.15) is 18.8 Å². The van der Waals surface area contributed by atoms with Crippen LogP contribution in [0.1, 0.15) is 41.6 Å². The van der Waals surface area contributed by atoms with Crippen LogP contribution in [0.15, 0.2) is 24.4 Å². The van der Waals surface area contributed by atoms with Gasteiger partial charge in [-0.05, 0) is 31.0 Å². The van der Waals surface area contributed by atoms with Crippen molar-refractivity contribution in [2.45, 2.75) is 43.4 Å². The molecule has 2 fully saturated rings. The van der Waals surface area contributed by atoms with Gasteiger partial charge in [-0.2, -0.15) is 4.98 Å². The van der Waals surface area contributed by atoms with E-state index in [1.165, 1.54) is 14.2 Å². The maximum atomic E-state index is 13.4. The fourth-order valence-corrected chi connectivity index (χ4v) is 5.03. The van der Waals surface area contributed by atoms with E-state index in [2.05, 4.69) is 9.97 Å². The number of rotatable bonds is 4. The Labute approximate surface area is 179 Å². The van der Waals surface area contributed by atoms with Crippen molar-refractivity contribution in [3.8, 4) is 23.4 Å². The molecule has 5 rings (SSSR count). The first-order chi connectivity index (χ1) is 15.0. The molecular formula is C22H25N3O6. The number of nitrogens with zero attached hydrogens (tertiary/aromatic N) is 3. The monoisotopic (exact) mass is 427 g/mol. The second-order valence-corrected chi connectivity index (χ2v) is 8.18. The van der Waals surface area contributed by atoms with Crippen molar-refractivity contribution in [2.75, 3.05) is 27.4 Å². The zero-order chi connectivity index (χ0) is 21.6. The zero-order valence-electron chi connectivity index (χ0n) is 17.5. The molecule has 1 aromatic heterocycles. The minimum absolute atomic E-state index is 0.0514. The molecule has 0 spiro atoms. The highest BCUT2D eigenvalue weighted by molar-refractivity contribution is 5.95. The average molecular weight is 427 g/mol. The molecule has 3 aliphatic heterocycles. The Balaban J connectivity index is 1.41. The molecular weight excluding hydrogens is 402 g/mol. The fourth-order valence-electron chi connectivity index (χ4n) is 5.03. The minimum Gasteiger partial charge on any atom is -0.486 e. The summed E-state index contributed by atoms with van der Waals surface area (Å²) in [5, 5.41) is 11.6. The number of methoxy groups -OCH3 is 2. The van der Waals surface area contributed by atoms with Crippen LogP contribution in [0.25, 0.3) is 0 Å². The highest BCUT2D eigenvalue weighted by Crippen LogP contribution is 2.48. The van der Waals surface area contributed by atoms with Gasteiger partial charge in [0.2, 0.25) is 5.88 Å². The molecule has 2 saturated heterocycles. The Morgan fingerprint density at radius 1 is 1.13 bits per heavy atom. The molecule has 4 heterocycles. The molecule has 1 amide bonds. The lowest BCUT2D eigenvalue weighted by Crippen LogP contribution is -2.52. The van der Waals surface area contributed by atoms with Gasteiger partial charge >= 0.3 is 6.01 Å². The number of fused-ring (bicyclic) bond motifs is 3. The Morgan fingerprint density at radius 3 is 2.52 bits per heavy atom. The Morgan fingerprint density at radius 2 is 1.84 bits per heavy atom. The van der Waals surface area contributed by atoms with E-state index in [0.29, 0.717) is 54.6 Å². The van der Waals surface area contributed by atoms with Crippen LogP contribution in [0.2, 0.25) is 0 Å². The largest absolute Gasteiger partial charge is 0.486 e. The van der Waals surface area contributed by atoms with Crippen molar-refractivity contribution in [3.63, 3.8) is 0 Å². The Kier molecular flexibility index (Phi) is 4.85. The van der Waals surface area contributed by atoms with Crippen LogP contribution in [0.4, 0.5) is 0 Å². The van der Waals surface area contributed by atoms with Gasteiger partial charge in [-0.1, -0.05) is 0 Å². The van der Waals surface area contributed by atoms with Gasteiger partial charge in [-0.25, -0.2) is 4.98 Å². The van der Waals surface area contributed by atoms with Crippen LogP contribution in [-0.4, -0.2) is 65.4 Å². The highest BCUT2D eigenvalue weighted by atomic mass is 16.6. The topological polar surface area (TPSA) is 103 Å². The van der Waals surface area contributed by atoms with Gasteiger partial charge in [-0.15, -0.1) is 0 Å². The standard InChI is InChI=1S/C22H25N3O6/c1-28-19-16(12-23-21(24-19)29-2)22(27)10-14-4-5-15(11-22)25(14)20(26)13-3-6-17-18(9-13)31-8-7-30-17/h3,6,9,12,14-15,27H,4-5,7-8,10-11H2,1-2H3/t14-,15-/m1/s1. The van der Waals surface area contributed by atoms with E-state index in [1.54, 1.807) is 24.4 Å². The summed E-state index contributed by atoms with van der Waals surface area (Å²) < 4.78 is 21.7. The number of aliphatic hydroxyl groups is 1. The third-order valence-electron chi connectivity index (χ3n) is 6.40. The maximum Gasteiger partial charge on any atom is 0.319 e. The minimum atomic E-state index is -1.17. The van der Waals surface area contributed by atoms with Gasteiger partial charge < -0.3 is 29.0 Å². The van der Waals surface area contributed by atoms with Crippen molar-refractivity contribution in [1.29, 1.82) is 0 Å². The highest BCUT2D eigenvalue weighted by Gasteiger charge is 2.51. The molecule has 2 atom stereocenters. The number of hydrogen-bond donors (Lipinski definition) is 1. The summed E-state index contributed by atoms with van der Waals surface area (Å²) >= 11 is 0. The van der Waals surface area contributed by atoms with Gasteiger partial charge in [0.25, 0.3) is 5.91 Å². The van der Waals surface area contributed by atoms with Gasteiger partial charge in [-0.3, -0.25) is 4.79 Å². The van der Waals surface area contributed by atoms with Crippen LogP contribution in [0.5, 0.6) is 23.4 Å². The molecule has 9 nitrogen and oxygen atoms in total. The third-order valence-corrected chi connectivity index (χ3v) is 6.40. The molecule has 0 aliphatic carbocycles. The van der Waals surface area contributed by atoms with Crippen LogP contribution in [-0.2, 0) is 5.60 Å². The van der Waals surface area contributed by atoms with E-state index in [-0.39, 0.29) is 24.0 Å². The number of hydrogen-bond acceptors (Lipinski definition) is 8.